The van der Waals surface area contributed by atoms with Crippen LogP contribution >= 0.6 is 0 Å². The number of carbonyl (C=O) groups excluding carboxylic acids is 1. The smallest absolute Gasteiger partial charge is 0.253 e. The first-order chi connectivity index (χ1) is 10.1. The Kier molecular flexibility index (Phi) is 4.98. The first-order valence-electron chi connectivity index (χ1n) is 7.26. The van der Waals surface area contributed by atoms with Crippen LogP contribution < -0.4 is 10.6 Å². The zero-order valence-electron chi connectivity index (χ0n) is 12.7. The molecule has 0 spiro atoms. The fourth-order valence-corrected chi connectivity index (χ4v) is 2.12. The van der Waals surface area contributed by atoms with E-state index in [1.165, 1.54) is 0 Å². The number of nitrogens with zero attached hydrogens (tertiary/aromatic N) is 1. The lowest BCUT2D eigenvalue weighted by Gasteiger charge is -2.15. The molecule has 1 atom stereocenters. The molecule has 0 bridgehead atoms. The first kappa shape index (κ1) is 15.1. The maximum Gasteiger partial charge on any atom is 0.253 e. The number of hydrogen-bond acceptors (Lipinski definition) is 3. The van der Waals surface area contributed by atoms with Gasteiger partial charge in [-0.1, -0.05) is 13.0 Å². The third kappa shape index (κ3) is 3.84. The fraction of sp³-hybridized carbons (Fsp3) is 0.375. The number of rotatable bonds is 6. The van der Waals surface area contributed by atoms with E-state index in [2.05, 4.69) is 27.5 Å². The SMILES string of the molecule is CCCNc1cc(C)ccc1C(=O)NC(C)c1ncc[nH]1. The summed E-state index contributed by atoms with van der Waals surface area (Å²) in [5.41, 5.74) is 2.66. The van der Waals surface area contributed by atoms with Crippen LogP contribution in [0.5, 0.6) is 0 Å². The molecule has 0 saturated heterocycles. The van der Waals surface area contributed by atoms with E-state index in [0.717, 1.165) is 30.0 Å². The minimum absolute atomic E-state index is 0.0995. The predicted molar refractivity (Wildman–Crippen MR) is 84.4 cm³/mol. The average Bonchev–Trinajstić information content (AvgIpc) is 2.99. The molecule has 5 heteroatoms. The van der Waals surface area contributed by atoms with Crippen LogP contribution in [0.4, 0.5) is 5.69 Å². The summed E-state index contributed by atoms with van der Waals surface area (Å²) in [4.78, 5) is 19.6. The highest BCUT2D eigenvalue weighted by Gasteiger charge is 2.16. The number of imidazole rings is 1. The van der Waals surface area contributed by atoms with E-state index >= 15 is 0 Å². The molecule has 1 unspecified atom stereocenters. The zero-order valence-corrected chi connectivity index (χ0v) is 12.7. The monoisotopic (exact) mass is 286 g/mol. The van der Waals surface area contributed by atoms with E-state index in [9.17, 15) is 4.79 Å². The van der Waals surface area contributed by atoms with Crippen molar-refractivity contribution in [2.45, 2.75) is 33.2 Å². The maximum atomic E-state index is 12.5. The van der Waals surface area contributed by atoms with Gasteiger partial charge in [0.05, 0.1) is 11.6 Å². The third-order valence-corrected chi connectivity index (χ3v) is 3.26. The molecule has 1 aromatic carbocycles. The molecule has 1 aromatic heterocycles. The van der Waals surface area contributed by atoms with E-state index in [0.29, 0.717) is 5.56 Å². The van der Waals surface area contributed by atoms with Crippen LogP contribution in [-0.2, 0) is 0 Å². The van der Waals surface area contributed by atoms with Gasteiger partial charge in [-0.2, -0.15) is 0 Å². The second kappa shape index (κ2) is 6.92. The predicted octanol–water partition coefficient (Wildman–Crippen LogP) is 3.03. The van der Waals surface area contributed by atoms with Gasteiger partial charge in [0.25, 0.3) is 5.91 Å². The summed E-state index contributed by atoms with van der Waals surface area (Å²) in [6.07, 6.45) is 4.44. The quantitative estimate of drug-likeness (QED) is 0.764. The molecule has 0 fully saturated rings. The number of H-pyrrole nitrogens is 1. The van der Waals surface area contributed by atoms with Gasteiger partial charge < -0.3 is 15.6 Å². The second-order valence-corrected chi connectivity index (χ2v) is 5.15. The molecule has 0 radical (unpaired) electrons. The number of aromatic nitrogens is 2. The van der Waals surface area contributed by atoms with Crippen LogP contribution in [0.15, 0.2) is 30.6 Å². The van der Waals surface area contributed by atoms with Crippen molar-refractivity contribution in [3.63, 3.8) is 0 Å². The first-order valence-corrected chi connectivity index (χ1v) is 7.26. The number of nitrogens with one attached hydrogen (secondary N) is 3. The van der Waals surface area contributed by atoms with Crippen molar-refractivity contribution in [1.29, 1.82) is 0 Å². The Morgan fingerprint density at radius 2 is 2.24 bits per heavy atom. The number of carbonyl (C=O) groups is 1. The lowest BCUT2D eigenvalue weighted by molar-refractivity contribution is 0.0939. The molecule has 0 aliphatic heterocycles. The molecule has 2 aromatic rings. The van der Waals surface area contributed by atoms with Gasteiger partial charge in [0.1, 0.15) is 5.82 Å². The minimum Gasteiger partial charge on any atom is -0.384 e. The third-order valence-electron chi connectivity index (χ3n) is 3.26. The number of aryl methyl sites for hydroxylation is 1. The Morgan fingerprint density at radius 3 is 2.90 bits per heavy atom. The highest BCUT2D eigenvalue weighted by Crippen LogP contribution is 2.19. The molecule has 1 amide bonds. The van der Waals surface area contributed by atoms with Gasteiger partial charge in [0.15, 0.2) is 0 Å². The molecule has 0 saturated carbocycles. The van der Waals surface area contributed by atoms with Crippen LogP contribution in [0.1, 0.15) is 48.1 Å². The Morgan fingerprint density at radius 1 is 1.43 bits per heavy atom. The molecular formula is C16H22N4O. The minimum atomic E-state index is -0.159. The lowest BCUT2D eigenvalue weighted by Crippen LogP contribution is -2.28. The summed E-state index contributed by atoms with van der Waals surface area (Å²) >= 11 is 0. The van der Waals surface area contributed by atoms with E-state index in [1.54, 1.807) is 12.4 Å². The van der Waals surface area contributed by atoms with Crippen molar-refractivity contribution < 1.29 is 4.79 Å². The van der Waals surface area contributed by atoms with Gasteiger partial charge in [-0.25, -0.2) is 4.98 Å². The summed E-state index contributed by atoms with van der Waals surface area (Å²) in [7, 11) is 0. The van der Waals surface area contributed by atoms with Crippen molar-refractivity contribution >= 4 is 11.6 Å². The van der Waals surface area contributed by atoms with Crippen LogP contribution in [0.2, 0.25) is 0 Å². The number of hydrogen-bond donors (Lipinski definition) is 3. The van der Waals surface area contributed by atoms with E-state index in [4.69, 9.17) is 0 Å². The van der Waals surface area contributed by atoms with Gasteiger partial charge in [-0.15, -0.1) is 0 Å². The van der Waals surface area contributed by atoms with Gasteiger partial charge in [-0.3, -0.25) is 4.79 Å². The molecule has 0 aliphatic carbocycles. The van der Waals surface area contributed by atoms with Crippen LogP contribution in [0.3, 0.4) is 0 Å². The largest absolute Gasteiger partial charge is 0.384 e. The van der Waals surface area contributed by atoms with Crippen LogP contribution in [-0.4, -0.2) is 22.4 Å². The number of aromatic amines is 1. The molecule has 21 heavy (non-hydrogen) atoms. The normalized spacial score (nSPS) is 12.0. The van der Waals surface area contributed by atoms with Gasteiger partial charge in [0, 0.05) is 24.6 Å². The standard InChI is InChI=1S/C16H22N4O/c1-4-7-17-14-10-11(2)5-6-13(14)16(21)20-12(3)15-18-8-9-19-15/h5-6,8-10,12,17H,4,7H2,1-3H3,(H,18,19)(H,20,21). The fourth-order valence-electron chi connectivity index (χ4n) is 2.12. The Balaban J connectivity index is 2.14. The summed E-state index contributed by atoms with van der Waals surface area (Å²) < 4.78 is 0. The Labute approximate surface area is 125 Å². The molecule has 5 nitrogen and oxygen atoms in total. The molecule has 3 N–H and O–H groups in total. The summed E-state index contributed by atoms with van der Waals surface area (Å²) in [5.74, 6) is 0.649. The van der Waals surface area contributed by atoms with Crippen molar-refractivity contribution in [2.75, 3.05) is 11.9 Å². The molecule has 1 heterocycles. The number of amides is 1. The second-order valence-electron chi connectivity index (χ2n) is 5.15. The van der Waals surface area contributed by atoms with Crippen molar-refractivity contribution in [3.8, 4) is 0 Å². The summed E-state index contributed by atoms with van der Waals surface area (Å²) in [5, 5.41) is 6.27. The molecule has 112 valence electrons. The highest BCUT2D eigenvalue weighted by molar-refractivity contribution is 5.99. The van der Waals surface area contributed by atoms with Gasteiger partial charge in [0.2, 0.25) is 0 Å². The molecule has 2 rings (SSSR count). The Hall–Kier alpha value is -2.30. The molecule has 0 aliphatic rings. The van der Waals surface area contributed by atoms with Crippen LogP contribution in [0.25, 0.3) is 0 Å². The van der Waals surface area contributed by atoms with E-state index in [-0.39, 0.29) is 11.9 Å². The zero-order chi connectivity index (χ0) is 15.2. The molecular weight excluding hydrogens is 264 g/mol. The lowest BCUT2D eigenvalue weighted by atomic mass is 10.1. The number of anilines is 1. The highest BCUT2D eigenvalue weighted by atomic mass is 16.1. The van der Waals surface area contributed by atoms with Gasteiger partial charge in [-0.05, 0) is 38.0 Å². The van der Waals surface area contributed by atoms with E-state index in [1.807, 2.05) is 32.0 Å². The number of benzene rings is 1. The van der Waals surface area contributed by atoms with Crippen molar-refractivity contribution in [1.82, 2.24) is 15.3 Å². The Bertz CT molecular complexity index is 592. The van der Waals surface area contributed by atoms with Crippen molar-refractivity contribution in [3.05, 3.63) is 47.5 Å². The topological polar surface area (TPSA) is 69.8 Å². The summed E-state index contributed by atoms with van der Waals surface area (Å²) in [6, 6.07) is 5.65. The average molecular weight is 286 g/mol. The van der Waals surface area contributed by atoms with Crippen molar-refractivity contribution in [2.24, 2.45) is 0 Å². The maximum absolute atomic E-state index is 12.5. The summed E-state index contributed by atoms with van der Waals surface area (Å²) in [6.45, 7) is 6.87. The van der Waals surface area contributed by atoms with Crippen LogP contribution in [0, 0.1) is 6.92 Å². The van der Waals surface area contributed by atoms with E-state index < -0.39 is 0 Å². The van der Waals surface area contributed by atoms with Gasteiger partial charge >= 0.3 is 0 Å².